The summed E-state index contributed by atoms with van der Waals surface area (Å²) in [7, 11) is -4.05. The zero-order valence-corrected chi connectivity index (χ0v) is 24.8. The number of sulfonamides is 1. The number of anilines is 1. The van der Waals surface area contributed by atoms with Crippen molar-refractivity contribution in [2.24, 2.45) is 4.99 Å². The van der Waals surface area contributed by atoms with Crippen molar-refractivity contribution in [3.63, 3.8) is 0 Å². The molecule has 216 valence electrons. The van der Waals surface area contributed by atoms with Crippen molar-refractivity contribution >= 4 is 39.2 Å². The van der Waals surface area contributed by atoms with E-state index in [1.165, 1.54) is 0 Å². The highest BCUT2D eigenvalue weighted by Gasteiger charge is 2.49. The number of ether oxygens (including phenoxy) is 1. The summed E-state index contributed by atoms with van der Waals surface area (Å²) >= 11 is 6.18. The van der Waals surface area contributed by atoms with Crippen molar-refractivity contribution in [1.82, 2.24) is 10.1 Å². The van der Waals surface area contributed by atoms with Crippen LogP contribution in [0.1, 0.15) is 74.3 Å². The first-order valence-electron chi connectivity index (χ1n) is 14.1. The SMILES string of the molecule is CCCCC1=NC2(CCCC2)C(=O)N1Cc1ccc(-c2ccccc2S(=O)(=O)Nc2noc(C)c2Cl)c2c1COC2. The molecule has 1 N–H and O–H groups in total. The van der Waals surface area contributed by atoms with E-state index in [0.717, 1.165) is 73.0 Å². The van der Waals surface area contributed by atoms with Gasteiger partial charge in [-0.3, -0.25) is 19.4 Å². The number of nitrogens with one attached hydrogen (secondary N) is 1. The maximum Gasteiger partial charge on any atom is 0.263 e. The molecule has 3 heterocycles. The van der Waals surface area contributed by atoms with Gasteiger partial charge in [0.05, 0.1) is 24.7 Å². The van der Waals surface area contributed by atoms with Crippen molar-refractivity contribution in [2.45, 2.75) is 89.0 Å². The molecule has 1 saturated carbocycles. The van der Waals surface area contributed by atoms with Crippen LogP contribution in [-0.4, -0.2) is 35.8 Å². The molecular weight excluding hydrogens is 564 g/mol. The number of aryl methyl sites for hydroxylation is 1. The van der Waals surface area contributed by atoms with Gasteiger partial charge in [0.15, 0.2) is 5.76 Å². The van der Waals surface area contributed by atoms with Crippen LogP contribution in [0.4, 0.5) is 5.82 Å². The summed E-state index contributed by atoms with van der Waals surface area (Å²) in [5.41, 5.74) is 3.63. The minimum atomic E-state index is -4.05. The summed E-state index contributed by atoms with van der Waals surface area (Å²) in [5, 5.41) is 3.86. The number of hydrogen-bond donors (Lipinski definition) is 1. The fraction of sp³-hybridized carbons (Fsp3) is 0.433. The molecule has 6 rings (SSSR count). The molecule has 41 heavy (non-hydrogen) atoms. The molecular formula is C30H33ClN4O5S. The van der Waals surface area contributed by atoms with Gasteiger partial charge in [0.25, 0.3) is 15.9 Å². The molecule has 2 aliphatic heterocycles. The Bertz CT molecular complexity index is 1640. The van der Waals surface area contributed by atoms with Gasteiger partial charge in [0, 0.05) is 12.0 Å². The number of carbonyl (C=O) groups excluding carboxylic acids is 1. The van der Waals surface area contributed by atoms with Crippen LogP contribution in [-0.2, 0) is 39.3 Å². The van der Waals surface area contributed by atoms with E-state index in [-0.39, 0.29) is 21.6 Å². The van der Waals surface area contributed by atoms with Crippen LogP contribution >= 0.6 is 11.6 Å². The lowest BCUT2D eigenvalue weighted by molar-refractivity contribution is -0.131. The van der Waals surface area contributed by atoms with E-state index in [4.69, 9.17) is 25.9 Å². The average Bonchev–Trinajstić information content (AvgIpc) is 3.76. The monoisotopic (exact) mass is 596 g/mol. The smallest absolute Gasteiger partial charge is 0.263 e. The normalized spacial score (nSPS) is 17.9. The minimum absolute atomic E-state index is 0.0567. The van der Waals surface area contributed by atoms with E-state index in [2.05, 4.69) is 16.8 Å². The van der Waals surface area contributed by atoms with Gasteiger partial charge in [-0.15, -0.1) is 0 Å². The summed E-state index contributed by atoms with van der Waals surface area (Å²) in [6, 6.07) is 10.7. The molecule has 1 aliphatic carbocycles. The van der Waals surface area contributed by atoms with Gasteiger partial charge in [-0.1, -0.05) is 73.3 Å². The van der Waals surface area contributed by atoms with Crippen LogP contribution in [0, 0.1) is 6.92 Å². The highest BCUT2D eigenvalue weighted by Crippen LogP contribution is 2.42. The van der Waals surface area contributed by atoms with Crippen LogP contribution in [0.3, 0.4) is 0 Å². The second kappa shape index (κ2) is 10.9. The second-order valence-corrected chi connectivity index (χ2v) is 13.0. The summed E-state index contributed by atoms with van der Waals surface area (Å²) in [5.74, 6) is 1.27. The number of amides is 1. The predicted molar refractivity (Wildman–Crippen MR) is 156 cm³/mol. The van der Waals surface area contributed by atoms with Crippen molar-refractivity contribution in [2.75, 3.05) is 4.72 Å². The third-order valence-electron chi connectivity index (χ3n) is 8.32. The number of hydrogen-bond acceptors (Lipinski definition) is 7. The average molecular weight is 597 g/mol. The molecule has 0 saturated heterocycles. The number of benzene rings is 2. The number of carbonyl (C=O) groups is 1. The lowest BCUT2D eigenvalue weighted by atomic mass is 9.93. The third-order valence-corrected chi connectivity index (χ3v) is 10.2. The van der Waals surface area contributed by atoms with Gasteiger partial charge in [0.2, 0.25) is 5.82 Å². The van der Waals surface area contributed by atoms with E-state index < -0.39 is 15.6 Å². The summed E-state index contributed by atoms with van der Waals surface area (Å²) in [6.45, 7) is 4.93. The van der Waals surface area contributed by atoms with Crippen LogP contribution in [0.25, 0.3) is 11.1 Å². The number of halogens is 1. The van der Waals surface area contributed by atoms with Gasteiger partial charge in [-0.2, -0.15) is 0 Å². The molecule has 2 aromatic carbocycles. The van der Waals surface area contributed by atoms with E-state index in [1.54, 1.807) is 31.2 Å². The quantitative estimate of drug-likeness (QED) is 0.307. The standard InChI is InChI=1S/C30H33ClN4O5S/c1-3-4-11-26-32-30(14-7-8-15-30)29(36)35(26)16-20-12-13-21(24-18-39-17-23(20)24)22-9-5-6-10-25(22)41(37,38)34-28-27(31)19(2)40-33-28/h5-6,9-10,12-13H,3-4,7-8,11,14-18H2,1-2H3,(H,33,34). The summed E-state index contributed by atoms with van der Waals surface area (Å²) in [4.78, 5) is 20.7. The number of nitrogens with zero attached hydrogens (tertiary/aromatic N) is 3. The molecule has 3 aromatic rings. The molecule has 1 fully saturated rings. The molecule has 1 amide bonds. The Labute approximate surface area is 245 Å². The Morgan fingerprint density at radius 3 is 2.56 bits per heavy atom. The summed E-state index contributed by atoms with van der Waals surface area (Å²) in [6.07, 6.45) is 6.49. The van der Waals surface area contributed by atoms with E-state index >= 15 is 0 Å². The van der Waals surface area contributed by atoms with Gasteiger partial charge >= 0.3 is 0 Å². The molecule has 0 radical (unpaired) electrons. The predicted octanol–water partition coefficient (Wildman–Crippen LogP) is 6.38. The van der Waals surface area contributed by atoms with Crippen LogP contribution in [0.2, 0.25) is 5.02 Å². The van der Waals surface area contributed by atoms with E-state index in [0.29, 0.717) is 31.1 Å². The maximum atomic E-state index is 13.7. The third kappa shape index (κ3) is 4.96. The highest BCUT2D eigenvalue weighted by atomic mass is 35.5. The lowest BCUT2D eigenvalue weighted by Crippen LogP contribution is -2.40. The Morgan fingerprint density at radius 1 is 1.07 bits per heavy atom. The lowest BCUT2D eigenvalue weighted by Gasteiger charge is -2.24. The summed E-state index contributed by atoms with van der Waals surface area (Å²) < 4.78 is 40.4. The Morgan fingerprint density at radius 2 is 1.83 bits per heavy atom. The van der Waals surface area contributed by atoms with Gasteiger partial charge in [0.1, 0.15) is 16.4 Å². The van der Waals surface area contributed by atoms with Gasteiger partial charge < -0.3 is 9.26 Å². The van der Waals surface area contributed by atoms with E-state index in [9.17, 15) is 13.2 Å². The number of aliphatic imine (C=N–C) groups is 1. The van der Waals surface area contributed by atoms with E-state index in [1.807, 2.05) is 17.0 Å². The first kappa shape index (κ1) is 27.9. The Kier molecular flexibility index (Phi) is 7.42. The topological polar surface area (TPSA) is 114 Å². The maximum absolute atomic E-state index is 13.7. The zero-order chi connectivity index (χ0) is 28.8. The molecule has 11 heteroatoms. The fourth-order valence-electron chi connectivity index (χ4n) is 6.14. The Hall–Kier alpha value is -3.21. The molecule has 3 aliphatic rings. The van der Waals surface area contributed by atoms with Crippen molar-refractivity contribution in [1.29, 1.82) is 0 Å². The molecule has 1 aromatic heterocycles. The number of aromatic nitrogens is 1. The van der Waals surface area contributed by atoms with Crippen molar-refractivity contribution in [3.05, 3.63) is 63.9 Å². The van der Waals surface area contributed by atoms with Crippen LogP contribution < -0.4 is 4.72 Å². The van der Waals surface area contributed by atoms with Crippen molar-refractivity contribution in [3.8, 4) is 11.1 Å². The zero-order valence-electron chi connectivity index (χ0n) is 23.2. The Balaban J connectivity index is 1.34. The number of rotatable bonds is 9. The minimum Gasteiger partial charge on any atom is -0.372 e. The van der Waals surface area contributed by atoms with Gasteiger partial charge in [-0.05, 0) is 54.5 Å². The molecule has 0 atom stereocenters. The number of amidine groups is 1. The van der Waals surface area contributed by atoms with Crippen molar-refractivity contribution < 1.29 is 22.5 Å². The fourth-order valence-corrected chi connectivity index (χ4v) is 7.54. The second-order valence-electron chi connectivity index (χ2n) is 11.0. The van der Waals surface area contributed by atoms with Crippen LogP contribution in [0.15, 0.2) is 50.8 Å². The number of unbranched alkanes of at least 4 members (excludes halogenated alkanes) is 1. The van der Waals surface area contributed by atoms with Gasteiger partial charge in [-0.25, -0.2) is 8.42 Å². The first-order valence-corrected chi connectivity index (χ1v) is 16.0. The molecule has 1 spiro atoms. The number of fused-ring (bicyclic) bond motifs is 1. The molecule has 0 bridgehead atoms. The molecule has 0 unspecified atom stereocenters. The van der Waals surface area contributed by atoms with Crippen LogP contribution in [0.5, 0.6) is 0 Å². The largest absolute Gasteiger partial charge is 0.372 e. The first-order chi connectivity index (χ1) is 19.7. The highest BCUT2D eigenvalue weighted by molar-refractivity contribution is 7.92. The molecule has 9 nitrogen and oxygen atoms in total.